The maximum atomic E-state index is 12.9. The van der Waals surface area contributed by atoms with Crippen LogP contribution in [0.1, 0.15) is 37.3 Å². The Kier molecular flexibility index (Phi) is 3.28. The number of nitrogens with two attached hydrogens (primary N) is 1. The van der Waals surface area contributed by atoms with E-state index in [1.807, 2.05) is 0 Å². The van der Waals surface area contributed by atoms with E-state index in [0.29, 0.717) is 0 Å². The second-order valence-electron chi connectivity index (χ2n) is 4.18. The molecular weight excluding hydrogens is 193 g/mol. The van der Waals surface area contributed by atoms with Gasteiger partial charge < -0.3 is 0 Å². The topological polar surface area (TPSA) is 50.9 Å². The van der Waals surface area contributed by atoms with E-state index in [1.54, 1.807) is 6.20 Å². The van der Waals surface area contributed by atoms with Gasteiger partial charge in [-0.1, -0.05) is 12.8 Å². The molecule has 1 aliphatic carbocycles. The maximum Gasteiger partial charge on any atom is 0.141 e. The Balaban J connectivity index is 1.97. The van der Waals surface area contributed by atoms with Gasteiger partial charge in [0, 0.05) is 12.2 Å². The van der Waals surface area contributed by atoms with Crippen molar-refractivity contribution in [3.63, 3.8) is 0 Å². The molecule has 82 valence electrons. The SMILES string of the molecule is NNC(CCC1CC1)c1cncc(F)c1. The number of pyridine rings is 1. The molecule has 0 bridgehead atoms. The third-order valence-corrected chi connectivity index (χ3v) is 2.89. The van der Waals surface area contributed by atoms with E-state index in [1.165, 1.54) is 25.1 Å². The summed E-state index contributed by atoms with van der Waals surface area (Å²) in [6, 6.07) is 1.51. The largest absolute Gasteiger partial charge is 0.271 e. The molecular formula is C11H16FN3. The highest BCUT2D eigenvalue weighted by molar-refractivity contribution is 5.14. The van der Waals surface area contributed by atoms with Gasteiger partial charge in [0.2, 0.25) is 0 Å². The number of rotatable bonds is 5. The molecule has 1 aromatic rings. The second-order valence-corrected chi connectivity index (χ2v) is 4.18. The molecule has 1 fully saturated rings. The van der Waals surface area contributed by atoms with Crippen LogP contribution in [0.25, 0.3) is 0 Å². The molecule has 1 saturated carbocycles. The molecule has 4 heteroatoms. The molecule has 15 heavy (non-hydrogen) atoms. The lowest BCUT2D eigenvalue weighted by atomic mass is 10.0. The summed E-state index contributed by atoms with van der Waals surface area (Å²) in [6.07, 6.45) is 7.65. The lowest BCUT2D eigenvalue weighted by Crippen LogP contribution is -2.28. The molecule has 1 atom stereocenters. The third kappa shape index (κ3) is 2.97. The van der Waals surface area contributed by atoms with Crippen molar-refractivity contribution in [2.75, 3.05) is 0 Å². The fourth-order valence-electron chi connectivity index (χ4n) is 1.77. The van der Waals surface area contributed by atoms with Crippen LogP contribution in [-0.4, -0.2) is 4.98 Å². The van der Waals surface area contributed by atoms with Crippen molar-refractivity contribution in [2.45, 2.75) is 31.7 Å². The third-order valence-electron chi connectivity index (χ3n) is 2.89. The summed E-state index contributed by atoms with van der Waals surface area (Å²) >= 11 is 0. The van der Waals surface area contributed by atoms with E-state index < -0.39 is 0 Å². The first-order valence-corrected chi connectivity index (χ1v) is 5.36. The van der Waals surface area contributed by atoms with Crippen LogP contribution < -0.4 is 11.3 Å². The van der Waals surface area contributed by atoms with Crippen molar-refractivity contribution >= 4 is 0 Å². The molecule has 0 spiro atoms. The van der Waals surface area contributed by atoms with Crippen LogP contribution in [0.15, 0.2) is 18.5 Å². The Morgan fingerprint density at radius 3 is 2.93 bits per heavy atom. The van der Waals surface area contributed by atoms with Crippen LogP contribution in [-0.2, 0) is 0 Å². The van der Waals surface area contributed by atoms with Gasteiger partial charge >= 0.3 is 0 Å². The zero-order valence-corrected chi connectivity index (χ0v) is 8.62. The maximum absolute atomic E-state index is 12.9. The molecule has 0 amide bonds. The normalized spacial score (nSPS) is 17.7. The van der Waals surface area contributed by atoms with Gasteiger partial charge in [-0.05, 0) is 30.4 Å². The first-order chi connectivity index (χ1) is 7.29. The van der Waals surface area contributed by atoms with E-state index in [0.717, 1.165) is 24.3 Å². The summed E-state index contributed by atoms with van der Waals surface area (Å²) < 4.78 is 12.9. The van der Waals surface area contributed by atoms with Crippen LogP contribution >= 0.6 is 0 Å². The van der Waals surface area contributed by atoms with E-state index in [4.69, 9.17) is 5.84 Å². The number of hydrogen-bond donors (Lipinski definition) is 2. The van der Waals surface area contributed by atoms with Gasteiger partial charge in [0.1, 0.15) is 5.82 Å². The van der Waals surface area contributed by atoms with Crippen LogP contribution in [0.3, 0.4) is 0 Å². The highest BCUT2D eigenvalue weighted by Crippen LogP contribution is 2.35. The summed E-state index contributed by atoms with van der Waals surface area (Å²) in [7, 11) is 0. The summed E-state index contributed by atoms with van der Waals surface area (Å²) in [5.41, 5.74) is 3.55. The van der Waals surface area contributed by atoms with E-state index >= 15 is 0 Å². The van der Waals surface area contributed by atoms with Crippen molar-refractivity contribution in [1.82, 2.24) is 10.4 Å². The number of nitrogens with zero attached hydrogens (tertiary/aromatic N) is 1. The minimum Gasteiger partial charge on any atom is -0.271 e. The zero-order valence-electron chi connectivity index (χ0n) is 8.62. The molecule has 1 aliphatic rings. The van der Waals surface area contributed by atoms with Crippen molar-refractivity contribution in [3.05, 3.63) is 29.8 Å². The van der Waals surface area contributed by atoms with Gasteiger partial charge in [-0.3, -0.25) is 16.3 Å². The predicted octanol–water partition coefficient (Wildman–Crippen LogP) is 1.92. The summed E-state index contributed by atoms with van der Waals surface area (Å²) in [5, 5.41) is 0. The molecule has 1 aromatic heterocycles. The minimum absolute atomic E-state index is 0.0220. The van der Waals surface area contributed by atoms with Gasteiger partial charge in [-0.2, -0.15) is 0 Å². The molecule has 0 aromatic carbocycles. The van der Waals surface area contributed by atoms with Crippen LogP contribution in [0.2, 0.25) is 0 Å². The van der Waals surface area contributed by atoms with Crippen molar-refractivity contribution in [2.24, 2.45) is 11.8 Å². The standard InChI is InChI=1S/C11H16FN3/c12-10-5-9(6-14-7-10)11(15-13)4-3-8-1-2-8/h5-8,11,15H,1-4,13H2. The minimum atomic E-state index is -0.306. The van der Waals surface area contributed by atoms with Gasteiger partial charge in [-0.15, -0.1) is 0 Å². The molecule has 0 saturated heterocycles. The van der Waals surface area contributed by atoms with Crippen molar-refractivity contribution in [1.29, 1.82) is 0 Å². The summed E-state index contributed by atoms with van der Waals surface area (Å²) in [6.45, 7) is 0. The molecule has 3 nitrogen and oxygen atoms in total. The Labute approximate surface area is 88.9 Å². The highest BCUT2D eigenvalue weighted by Gasteiger charge is 2.22. The monoisotopic (exact) mass is 209 g/mol. The van der Waals surface area contributed by atoms with Crippen molar-refractivity contribution in [3.8, 4) is 0 Å². The quantitative estimate of drug-likeness (QED) is 0.575. The lowest BCUT2D eigenvalue weighted by Gasteiger charge is -2.15. The average molecular weight is 209 g/mol. The number of hydrazine groups is 1. The zero-order chi connectivity index (χ0) is 10.7. The molecule has 1 heterocycles. The summed E-state index contributed by atoms with van der Waals surface area (Å²) in [4.78, 5) is 3.83. The van der Waals surface area contributed by atoms with Crippen LogP contribution in [0.5, 0.6) is 0 Å². The highest BCUT2D eigenvalue weighted by atomic mass is 19.1. The van der Waals surface area contributed by atoms with Gasteiger partial charge in [-0.25, -0.2) is 4.39 Å². The fourth-order valence-corrected chi connectivity index (χ4v) is 1.77. The first kappa shape index (κ1) is 10.5. The first-order valence-electron chi connectivity index (χ1n) is 5.36. The van der Waals surface area contributed by atoms with Gasteiger partial charge in [0.05, 0.1) is 6.20 Å². The Morgan fingerprint density at radius 1 is 1.53 bits per heavy atom. The molecule has 3 N–H and O–H groups in total. The smallest absolute Gasteiger partial charge is 0.141 e. The Hall–Kier alpha value is -1.00. The van der Waals surface area contributed by atoms with Gasteiger partial charge in [0.15, 0.2) is 0 Å². The predicted molar refractivity (Wildman–Crippen MR) is 56.2 cm³/mol. The van der Waals surface area contributed by atoms with E-state index in [-0.39, 0.29) is 11.9 Å². The molecule has 1 unspecified atom stereocenters. The number of halogens is 1. The second kappa shape index (κ2) is 4.68. The molecule has 2 rings (SSSR count). The number of aromatic nitrogens is 1. The fraction of sp³-hybridized carbons (Fsp3) is 0.545. The van der Waals surface area contributed by atoms with Gasteiger partial charge in [0.25, 0.3) is 0 Å². The Bertz CT molecular complexity index is 325. The molecule has 0 radical (unpaired) electrons. The molecule has 0 aliphatic heterocycles. The number of hydrogen-bond acceptors (Lipinski definition) is 3. The Morgan fingerprint density at radius 2 is 2.33 bits per heavy atom. The number of nitrogens with one attached hydrogen (secondary N) is 1. The lowest BCUT2D eigenvalue weighted by molar-refractivity contribution is 0.477. The van der Waals surface area contributed by atoms with E-state index in [9.17, 15) is 4.39 Å². The average Bonchev–Trinajstić information content (AvgIpc) is 3.03. The van der Waals surface area contributed by atoms with E-state index in [2.05, 4.69) is 10.4 Å². The van der Waals surface area contributed by atoms with Crippen LogP contribution in [0.4, 0.5) is 4.39 Å². The van der Waals surface area contributed by atoms with Crippen LogP contribution in [0, 0.1) is 11.7 Å². The van der Waals surface area contributed by atoms with Crippen molar-refractivity contribution < 1.29 is 4.39 Å². The summed E-state index contributed by atoms with van der Waals surface area (Å²) in [5.74, 6) is 6.02.